The van der Waals surface area contributed by atoms with Crippen LogP contribution >= 0.6 is 0 Å². The van der Waals surface area contributed by atoms with E-state index in [9.17, 15) is 23.1 Å². The number of carboxylic acids is 1. The van der Waals surface area contributed by atoms with Gasteiger partial charge in [-0.25, -0.2) is 9.59 Å². The summed E-state index contributed by atoms with van der Waals surface area (Å²) < 4.78 is 32.5. The molecule has 9 heteroatoms. The van der Waals surface area contributed by atoms with Crippen LogP contribution in [0.3, 0.4) is 0 Å². The number of aliphatic carboxylic acids is 1. The van der Waals surface area contributed by atoms with Gasteiger partial charge in [0, 0.05) is 6.42 Å². The van der Waals surface area contributed by atoms with E-state index in [0.29, 0.717) is 0 Å². The Labute approximate surface area is 140 Å². The van der Waals surface area contributed by atoms with Crippen LogP contribution in [0.2, 0.25) is 0 Å². The minimum atomic E-state index is -3.76. The second-order valence-electron chi connectivity index (χ2n) is 5.86. The largest absolute Gasteiger partial charge is 0.480 e. The van der Waals surface area contributed by atoms with Crippen LogP contribution in [0.5, 0.6) is 0 Å². The van der Waals surface area contributed by atoms with E-state index in [4.69, 9.17) is 8.92 Å². The predicted molar refractivity (Wildman–Crippen MR) is 83.7 cm³/mol. The molecule has 1 aromatic carbocycles. The van der Waals surface area contributed by atoms with Crippen molar-refractivity contribution in [3.63, 3.8) is 0 Å². The molecule has 2 rings (SSSR count). The summed E-state index contributed by atoms with van der Waals surface area (Å²) in [5, 5.41) is 9.44. The Bertz CT molecular complexity index is 719. The Hall–Kier alpha value is -2.13. The van der Waals surface area contributed by atoms with E-state index in [1.165, 1.54) is 6.92 Å². The predicted octanol–water partition coefficient (Wildman–Crippen LogP) is 1.22. The second kappa shape index (κ2) is 6.78. The molecule has 0 aromatic heterocycles. The third-order valence-corrected chi connectivity index (χ3v) is 4.43. The van der Waals surface area contributed by atoms with Gasteiger partial charge >= 0.3 is 12.1 Å². The van der Waals surface area contributed by atoms with Crippen LogP contribution in [0.25, 0.3) is 0 Å². The lowest BCUT2D eigenvalue weighted by atomic mass is 9.99. The molecule has 1 heterocycles. The Morgan fingerprint density at radius 1 is 1.33 bits per heavy atom. The van der Waals surface area contributed by atoms with Gasteiger partial charge in [0.05, 0.1) is 18.9 Å². The number of hydrogen-bond donors (Lipinski definition) is 1. The van der Waals surface area contributed by atoms with Crippen molar-refractivity contribution >= 4 is 22.2 Å². The molecule has 132 valence electrons. The number of benzene rings is 1. The van der Waals surface area contributed by atoms with Gasteiger partial charge in [0.1, 0.15) is 12.1 Å². The number of likely N-dealkylation sites (tertiary alicyclic amines) is 1. The molecule has 0 bridgehead atoms. The summed E-state index contributed by atoms with van der Waals surface area (Å²) in [6, 6.07) is 8.93. The first-order chi connectivity index (χ1) is 11.1. The minimum Gasteiger partial charge on any atom is -0.480 e. The zero-order valence-corrected chi connectivity index (χ0v) is 14.2. The number of amides is 1. The SMILES string of the molecule is CC1(C(=O)O)CC(OS(C)(=O)=O)CN1C(=O)OCc1ccccc1. The van der Waals surface area contributed by atoms with E-state index < -0.39 is 33.8 Å². The molecule has 1 fully saturated rings. The first kappa shape index (κ1) is 18.2. The zero-order chi connectivity index (χ0) is 18.0. The number of hydrogen-bond acceptors (Lipinski definition) is 6. The van der Waals surface area contributed by atoms with E-state index in [-0.39, 0.29) is 19.6 Å². The summed E-state index contributed by atoms with van der Waals surface area (Å²) in [6.45, 7) is 1.15. The van der Waals surface area contributed by atoms with Gasteiger partial charge in [-0.05, 0) is 12.5 Å². The van der Waals surface area contributed by atoms with Crippen molar-refractivity contribution in [3.05, 3.63) is 35.9 Å². The van der Waals surface area contributed by atoms with E-state index in [1.54, 1.807) is 24.3 Å². The second-order valence-corrected chi connectivity index (χ2v) is 7.46. The quantitative estimate of drug-likeness (QED) is 0.789. The maximum atomic E-state index is 12.3. The Morgan fingerprint density at radius 3 is 2.50 bits per heavy atom. The summed E-state index contributed by atoms with van der Waals surface area (Å²) in [5.41, 5.74) is -0.839. The summed E-state index contributed by atoms with van der Waals surface area (Å²) in [6.07, 6.45) is -1.02. The molecule has 0 spiro atoms. The molecule has 0 aliphatic carbocycles. The molecule has 1 amide bonds. The van der Waals surface area contributed by atoms with Crippen LogP contribution < -0.4 is 0 Å². The highest BCUT2D eigenvalue weighted by molar-refractivity contribution is 7.86. The number of carbonyl (C=O) groups is 2. The lowest BCUT2D eigenvalue weighted by Crippen LogP contribution is -2.50. The fourth-order valence-corrected chi connectivity index (χ4v) is 3.23. The van der Waals surface area contributed by atoms with Crippen molar-refractivity contribution in [1.29, 1.82) is 0 Å². The fourth-order valence-electron chi connectivity index (χ4n) is 2.61. The van der Waals surface area contributed by atoms with E-state index in [1.807, 2.05) is 6.07 Å². The van der Waals surface area contributed by atoms with Crippen LogP contribution in [0.1, 0.15) is 18.9 Å². The maximum Gasteiger partial charge on any atom is 0.411 e. The first-order valence-electron chi connectivity index (χ1n) is 7.22. The van der Waals surface area contributed by atoms with Crippen LogP contribution in [0, 0.1) is 0 Å². The Morgan fingerprint density at radius 2 is 1.96 bits per heavy atom. The van der Waals surface area contributed by atoms with Crippen molar-refractivity contribution < 1.29 is 32.0 Å². The van der Waals surface area contributed by atoms with Crippen molar-refractivity contribution in [2.45, 2.75) is 31.6 Å². The Balaban J connectivity index is 2.10. The molecular weight excluding hydrogens is 338 g/mol. The van der Waals surface area contributed by atoms with Gasteiger partial charge in [-0.1, -0.05) is 30.3 Å². The molecule has 2 unspecified atom stereocenters. The van der Waals surface area contributed by atoms with Gasteiger partial charge in [0.25, 0.3) is 10.1 Å². The average Bonchev–Trinajstić information content (AvgIpc) is 2.82. The van der Waals surface area contributed by atoms with Crippen molar-refractivity contribution in [3.8, 4) is 0 Å². The van der Waals surface area contributed by atoms with E-state index in [0.717, 1.165) is 16.7 Å². The zero-order valence-electron chi connectivity index (χ0n) is 13.3. The standard InChI is InChI=1S/C15H19NO7S/c1-15(13(17)18)8-12(23-24(2,20)21)9-16(15)14(19)22-10-11-6-4-3-5-7-11/h3-7,12H,8-10H2,1-2H3,(H,17,18). The molecule has 1 N–H and O–H groups in total. The van der Waals surface area contributed by atoms with Crippen LogP contribution in [-0.2, 0) is 30.4 Å². The maximum absolute atomic E-state index is 12.3. The number of ether oxygens (including phenoxy) is 1. The van der Waals surface area contributed by atoms with Crippen LogP contribution in [-0.4, -0.2) is 54.9 Å². The number of carbonyl (C=O) groups excluding carboxylic acids is 1. The smallest absolute Gasteiger partial charge is 0.411 e. The van der Waals surface area contributed by atoms with Crippen LogP contribution in [0.4, 0.5) is 4.79 Å². The van der Waals surface area contributed by atoms with Crippen molar-refractivity contribution in [2.24, 2.45) is 0 Å². The molecular formula is C15H19NO7S. The molecule has 1 aromatic rings. The summed E-state index contributed by atoms with van der Waals surface area (Å²) >= 11 is 0. The summed E-state index contributed by atoms with van der Waals surface area (Å²) in [7, 11) is -3.76. The van der Waals surface area contributed by atoms with Gasteiger partial charge in [0.15, 0.2) is 0 Å². The molecule has 0 radical (unpaired) electrons. The molecule has 1 saturated heterocycles. The molecule has 8 nitrogen and oxygen atoms in total. The fraction of sp³-hybridized carbons (Fsp3) is 0.467. The van der Waals surface area contributed by atoms with Crippen molar-refractivity contribution in [2.75, 3.05) is 12.8 Å². The van der Waals surface area contributed by atoms with E-state index in [2.05, 4.69) is 0 Å². The number of carboxylic acid groups (broad SMARTS) is 1. The van der Waals surface area contributed by atoms with Gasteiger partial charge in [-0.2, -0.15) is 8.42 Å². The molecule has 1 aliphatic heterocycles. The molecule has 1 aliphatic rings. The highest BCUT2D eigenvalue weighted by Crippen LogP contribution is 2.32. The van der Waals surface area contributed by atoms with Crippen molar-refractivity contribution in [1.82, 2.24) is 4.90 Å². The topological polar surface area (TPSA) is 110 Å². The number of nitrogens with zero attached hydrogens (tertiary/aromatic N) is 1. The first-order valence-corrected chi connectivity index (χ1v) is 9.03. The minimum absolute atomic E-state index is 0.0104. The molecule has 2 atom stereocenters. The van der Waals surface area contributed by atoms with Gasteiger partial charge < -0.3 is 9.84 Å². The highest BCUT2D eigenvalue weighted by Gasteiger charge is 2.52. The van der Waals surface area contributed by atoms with Crippen LogP contribution in [0.15, 0.2) is 30.3 Å². The van der Waals surface area contributed by atoms with Gasteiger partial charge in [-0.3, -0.25) is 9.08 Å². The highest BCUT2D eigenvalue weighted by atomic mass is 32.2. The average molecular weight is 357 g/mol. The summed E-state index contributed by atoms with van der Waals surface area (Å²) in [4.78, 5) is 24.8. The normalized spacial score (nSPS) is 23.9. The van der Waals surface area contributed by atoms with Gasteiger partial charge in [-0.15, -0.1) is 0 Å². The molecule has 24 heavy (non-hydrogen) atoms. The van der Waals surface area contributed by atoms with Gasteiger partial charge in [0.2, 0.25) is 0 Å². The lowest BCUT2D eigenvalue weighted by molar-refractivity contribution is -0.147. The summed E-state index contributed by atoms with van der Waals surface area (Å²) in [5.74, 6) is -1.25. The third kappa shape index (κ3) is 4.24. The third-order valence-electron chi connectivity index (χ3n) is 3.80. The Kier molecular flexibility index (Phi) is 5.14. The molecule has 0 saturated carbocycles. The monoisotopic (exact) mass is 357 g/mol. The number of rotatable bonds is 5. The lowest BCUT2D eigenvalue weighted by Gasteiger charge is -2.29. The van der Waals surface area contributed by atoms with E-state index >= 15 is 0 Å².